The number of methoxy groups -OCH3 is 1. The molecule has 2 aromatic carbocycles. The van der Waals surface area contributed by atoms with E-state index in [9.17, 15) is 13.6 Å². The van der Waals surface area contributed by atoms with E-state index in [4.69, 9.17) is 4.74 Å². The van der Waals surface area contributed by atoms with Gasteiger partial charge in [0.05, 0.1) is 19.3 Å². The van der Waals surface area contributed by atoms with Crippen molar-refractivity contribution in [2.24, 2.45) is 5.92 Å². The van der Waals surface area contributed by atoms with Crippen LogP contribution in [-0.2, 0) is 4.74 Å². The molecule has 1 saturated heterocycles. The molecule has 0 amide bonds. The number of carbonyl (C=O) groups is 1. The molecule has 0 N–H and O–H groups in total. The van der Waals surface area contributed by atoms with Crippen LogP contribution < -0.4 is 4.74 Å². The van der Waals surface area contributed by atoms with Crippen molar-refractivity contribution in [1.82, 2.24) is 4.90 Å². The number of halogens is 2. The lowest BCUT2D eigenvalue weighted by molar-refractivity contribution is 0.0568. The van der Waals surface area contributed by atoms with E-state index in [1.165, 1.54) is 13.2 Å². The van der Waals surface area contributed by atoms with Gasteiger partial charge in [-0.2, -0.15) is 0 Å². The lowest BCUT2D eigenvalue weighted by atomic mass is 9.94. The van der Waals surface area contributed by atoms with Crippen molar-refractivity contribution in [3.8, 4) is 16.9 Å². The Morgan fingerprint density at radius 3 is 2.31 bits per heavy atom. The molecule has 0 spiro atoms. The van der Waals surface area contributed by atoms with Gasteiger partial charge in [-0.05, 0) is 74.5 Å². The minimum absolute atomic E-state index is 0.182. The van der Waals surface area contributed by atoms with Crippen molar-refractivity contribution in [3.05, 3.63) is 53.8 Å². The van der Waals surface area contributed by atoms with Crippen LogP contribution in [0, 0.1) is 11.7 Å². The fourth-order valence-electron chi connectivity index (χ4n) is 4.12. The molecule has 0 bridgehead atoms. The molecule has 0 aliphatic carbocycles. The van der Waals surface area contributed by atoms with E-state index >= 15 is 0 Å². The van der Waals surface area contributed by atoms with Crippen molar-refractivity contribution < 1.29 is 23.0 Å². The van der Waals surface area contributed by atoms with Crippen molar-refractivity contribution in [3.63, 3.8) is 0 Å². The van der Waals surface area contributed by atoms with Crippen LogP contribution in [0.25, 0.3) is 11.1 Å². The van der Waals surface area contributed by atoms with Crippen molar-refractivity contribution in [2.75, 3.05) is 33.4 Å². The van der Waals surface area contributed by atoms with Gasteiger partial charge in [0, 0.05) is 12.1 Å². The van der Waals surface area contributed by atoms with Crippen molar-refractivity contribution in [1.29, 1.82) is 0 Å². The van der Waals surface area contributed by atoms with Gasteiger partial charge in [0.2, 0.25) is 0 Å². The first kappa shape index (κ1) is 24.2. The maximum atomic E-state index is 14.6. The Kier molecular flexibility index (Phi) is 8.24. The molecule has 0 aromatic heterocycles. The molecular weight excluding hydrogens is 412 g/mol. The highest BCUT2D eigenvalue weighted by atomic mass is 19.1. The van der Waals surface area contributed by atoms with Crippen LogP contribution in [-0.4, -0.2) is 49.9 Å². The normalized spacial score (nSPS) is 15.5. The number of hydrogen-bond donors (Lipinski definition) is 0. The summed E-state index contributed by atoms with van der Waals surface area (Å²) in [5, 5.41) is 0. The second kappa shape index (κ2) is 10.9. The average molecular weight is 446 g/mol. The first-order valence-electron chi connectivity index (χ1n) is 11.4. The van der Waals surface area contributed by atoms with Gasteiger partial charge in [0.25, 0.3) is 0 Å². The lowest BCUT2D eigenvalue weighted by Crippen LogP contribution is -2.44. The summed E-state index contributed by atoms with van der Waals surface area (Å²) in [6, 6.07) is 11.6. The van der Waals surface area contributed by atoms with Gasteiger partial charge in [-0.1, -0.05) is 32.0 Å². The minimum Gasteiger partial charge on any atom is -0.493 e. The summed E-state index contributed by atoms with van der Waals surface area (Å²) in [6.07, 6.45) is 3.11. The van der Waals surface area contributed by atoms with E-state index in [2.05, 4.69) is 9.64 Å². The summed E-state index contributed by atoms with van der Waals surface area (Å²) in [5.41, 5.74) is 0.228. The molecule has 4 nitrogen and oxygen atoms in total. The summed E-state index contributed by atoms with van der Waals surface area (Å²) >= 11 is 0. The van der Waals surface area contributed by atoms with Gasteiger partial charge < -0.3 is 14.4 Å². The van der Waals surface area contributed by atoms with E-state index in [1.807, 2.05) is 38.1 Å². The molecule has 1 fully saturated rings. The molecule has 3 rings (SSSR count). The third kappa shape index (κ3) is 6.06. The number of nitrogens with zero attached hydrogens (tertiary/aromatic N) is 1. The topological polar surface area (TPSA) is 38.8 Å². The average Bonchev–Trinajstić information content (AvgIpc) is 2.83. The van der Waals surface area contributed by atoms with Gasteiger partial charge in [-0.15, -0.1) is 0 Å². The van der Waals surface area contributed by atoms with E-state index in [1.54, 1.807) is 12.1 Å². The number of likely N-dealkylation sites (tertiary alicyclic amines) is 1. The second-order valence-corrected chi connectivity index (χ2v) is 8.60. The van der Waals surface area contributed by atoms with E-state index in [0.717, 1.165) is 31.7 Å². The minimum atomic E-state index is -1.08. The monoisotopic (exact) mass is 445 g/mol. The molecule has 1 heterocycles. The molecule has 0 unspecified atom stereocenters. The highest BCUT2D eigenvalue weighted by molar-refractivity contribution is 5.90. The van der Waals surface area contributed by atoms with E-state index < -0.39 is 17.5 Å². The van der Waals surface area contributed by atoms with Crippen molar-refractivity contribution >= 4 is 5.97 Å². The second-order valence-electron chi connectivity index (χ2n) is 8.60. The van der Waals surface area contributed by atoms with Crippen molar-refractivity contribution in [2.45, 2.75) is 45.2 Å². The van der Waals surface area contributed by atoms with Crippen LogP contribution in [0.5, 0.6) is 5.75 Å². The van der Waals surface area contributed by atoms with E-state index in [-0.39, 0.29) is 5.56 Å². The van der Waals surface area contributed by atoms with Crippen LogP contribution in [0.3, 0.4) is 0 Å². The Hall–Kier alpha value is -2.47. The Labute approximate surface area is 189 Å². The first-order chi connectivity index (χ1) is 15.4. The lowest BCUT2D eigenvalue weighted by Gasteiger charge is -2.36. The van der Waals surface area contributed by atoms with Crippen LogP contribution in [0.1, 0.15) is 49.9 Å². The SMILES string of the molecule is CCC(F)(CC)CN1CCC(COc2ccc(-c3ccc(C(=O)OC)cc3F)cc2)CC1. The summed E-state index contributed by atoms with van der Waals surface area (Å²) in [6.45, 7) is 6.78. The highest BCUT2D eigenvalue weighted by Gasteiger charge is 2.30. The zero-order valence-electron chi connectivity index (χ0n) is 19.2. The fourth-order valence-corrected chi connectivity index (χ4v) is 4.12. The number of rotatable bonds is 9. The molecule has 174 valence electrons. The number of ether oxygens (including phenoxy) is 2. The Morgan fingerprint density at radius 2 is 1.75 bits per heavy atom. The third-order valence-electron chi connectivity index (χ3n) is 6.52. The summed E-state index contributed by atoms with van der Waals surface area (Å²) in [7, 11) is 1.27. The predicted molar refractivity (Wildman–Crippen MR) is 122 cm³/mol. The standard InChI is InChI=1S/C26H33F2NO3/c1-4-26(28,5-2)18-29-14-12-19(13-15-29)17-32-22-9-6-20(7-10-22)23-11-8-21(16-24(23)27)25(30)31-3/h6-11,16,19H,4-5,12-15,17-18H2,1-3H3. The Balaban J connectivity index is 1.50. The Bertz CT molecular complexity index is 888. The van der Waals surface area contributed by atoms with Gasteiger partial charge in [0.1, 0.15) is 17.2 Å². The van der Waals surface area contributed by atoms with E-state index in [0.29, 0.717) is 43.0 Å². The van der Waals surface area contributed by atoms with Gasteiger partial charge >= 0.3 is 5.97 Å². The smallest absolute Gasteiger partial charge is 0.337 e. The molecular formula is C26H33F2NO3. The highest BCUT2D eigenvalue weighted by Crippen LogP contribution is 2.28. The first-order valence-corrected chi connectivity index (χ1v) is 11.4. The summed E-state index contributed by atoms with van der Waals surface area (Å²) < 4.78 is 39.7. The van der Waals surface area contributed by atoms with Crippen LogP contribution in [0.15, 0.2) is 42.5 Å². The number of piperidine rings is 1. The molecule has 0 atom stereocenters. The molecule has 1 aliphatic heterocycles. The molecule has 0 saturated carbocycles. The van der Waals surface area contributed by atoms with Gasteiger partial charge in [-0.25, -0.2) is 13.6 Å². The molecule has 32 heavy (non-hydrogen) atoms. The molecule has 2 aromatic rings. The summed E-state index contributed by atoms with van der Waals surface area (Å²) in [5.74, 6) is 0.149. The van der Waals surface area contributed by atoms with Gasteiger partial charge in [0.15, 0.2) is 0 Å². The fraction of sp³-hybridized carbons (Fsp3) is 0.500. The van der Waals surface area contributed by atoms with Crippen LogP contribution in [0.4, 0.5) is 8.78 Å². The predicted octanol–water partition coefficient (Wildman–Crippen LogP) is 5.90. The number of esters is 1. The summed E-state index contributed by atoms with van der Waals surface area (Å²) in [4.78, 5) is 13.8. The Morgan fingerprint density at radius 1 is 1.09 bits per heavy atom. The maximum absolute atomic E-state index is 14.6. The third-order valence-corrected chi connectivity index (χ3v) is 6.52. The van der Waals surface area contributed by atoms with Crippen LogP contribution in [0.2, 0.25) is 0 Å². The zero-order valence-corrected chi connectivity index (χ0v) is 19.2. The number of carbonyl (C=O) groups excluding carboxylic acids is 1. The molecule has 1 aliphatic rings. The zero-order chi connectivity index (χ0) is 23.1. The number of alkyl halides is 1. The largest absolute Gasteiger partial charge is 0.493 e. The molecule has 6 heteroatoms. The number of hydrogen-bond acceptors (Lipinski definition) is 4. The quantitative estimate of drug-likeness (QED) is 0.451. The van der Waals surface area contributed by atoms with Crippen LogP contribution >= 0.6 is 0 Å². The van der Waals surface area contributed by atoms with Gasteiger partial charge in [-0.3, -0.25) is 0 Å². The maximum Gasteiger partial charge on any atom is 0.337 e. The number of benzene rings is 2. The molecule has 0 radical (unpaired) electrons.